The number of carbonyl (C=O) groups is 1. The highest BCUT2D eigenvalue weighted by molar-refractivity contribution is 5.70. The molecular weight excluding hydrogens is 224 g/mol. The number of hydrogen-bond acceptors (Lipinski definition) is 4. The van der Waals surface area contributed by atoms with Gasteiger partial charge in [-0.15, -0.1) is 0 Å². The van der Waals surface area contributed by atoms with Crippen LogP contribution in [0.1, 0.15) is 12.5 Å². The summed E-state index contributed by atoms with van der Waals surface area (Å²) in [6.07, 6.45) is 0.398. The van der Waals surface area contributed by atoms with Gasteiger partial charge in [-0.25, -0.2) is 0 Å². The van der Waals surface area contributed by atoms with Gasteiger partial charge in [-0.1, -0.05) is 6.92 Å². The van der Waals surface area contributed by atoms with E-state index in [1.807, 2.05) is 0 Å². The van der Waals surface area contributed by atoms with Crippen molar-refractivity contribution in [2.75, 3.05) is 13.9 Å². The Hall–Kier alpha value is -1.91. The molecule has 1 atom stereocenters. The second-order valence-corrected chi connectivity index (χ2v) is 3.96. The number of rotatable bonds is 4. The molecule has 0 aliphatic carbocycles. The van der Waals surface area contributed by atoms with E-state index in [4.69, 9.17) is 19.3 Å². The molecule has 0 saturated carbocycles. The van der Waals surface area contributed by atoms with Gasteiger partial charge in [0.15, 0.2) is 11.5 Å². The molecule has 0 radical (unpaired) electrons. The van der Waals surface area contributed by atoms with Gasteiger partial charge in [-0.05, 0) is 18.1 Å². The first-order chi connectivity index (χ1) is 8.11. The van der Waals surface area contributed by atoms with Crippen LogP contribution in [0.3, 0.4) is 0 Å². The molecule has 1 aliphatic rings. The van der Waals surface area contributed by atoms with Gasteiger partial charge in [0.1, 0.15) is 5.75 Å². The smallest absolute Gasteiger partial charge is 0.306 e. The average Bonchev–Trinajstić information content (AvgIpc) is 2.74. The number of carboxylic acid groups (broad SMARTS) is 1. The summed E-state index contributed by atoms with van der Waals surface area (Å²) >= 11 is 0. The molecule has 2 rings (SSSR count). The zero-order valence-electron chi connectivity index (χ0n) is 9.73. The number of benzene rings is 1. The molecule has 1 aromatic carbocycles. The Balaban J connectivity index is 2.29. The molecule has 1 aliphatic heterocycles. The van der Waals surface area contributed by atoms with Crippen molar-refractivity contribution >= 4 is 5.97 Å². The zero-order valence-corrected chi connectivity index (χ0v) is 9.73. The van der Waals surface area contributed by atoms with Crippen molar-refractivity contribution in [3.8, 4) is 17.2 Å². The fraction of sp³-hybridized carbons (Fsp3) is 0.417. The molecule has 1 N–H and O–H groups in total. The first kappa shape index (κ1) is 11.6. The van der Waals surface area contributed by atoms with E-state index in [0.717, 1.165) is 5.56 Å². The van der Waals surface area contributed by atoms with Crippen molar-refractivity contribution in [1.82, 2.24) is 0 Å². The van der Waals surface area contributed by atoms with Gasteiger partial charge in [0, 0.05) is 6.07 Å². The molecule has 0 fully saturated rings. The Morgan fingerprint density at radius 2 is 2.12 bits per heavy atom. The fourth-order valence-corrected chi connectivity index (χ4v) is 1.73. The van der Waals surface area contributed by atoms with Gasteiger partial charge in [-0.2, -0.15) is 0 Å². The maximum absolute atomic E-state index is 10.8. The van der Waals surface area contributed by atoms with Crippen LogP contribution in [-0.2, 0) is 11.2 Å². The van der Waals surface area contributed by atoms with Gasteiger partial charge < -0.3 is 19.3 Å². The van der Waals surface area contributed by atoms with E-state index in [1.165, 1.54) is 0 Å². The van der Waals surface area contributed by atoms with E-state index in [0.29, 0.717) is 23.7 Å². The van der Waals surface area contributed by atoms with Gasteiger partial charge in [-0.3, -0.25) is 4.79 Å². The highest BCUT2D eigenvalue weighted by Gasteiger charge is 2.20. The van der Waals surface area contributed by atoms with Gasteiger partial charge >= 0.3 is 5.97 Å². The van der Waals surface area contributed by atoms with E-state index in [9.17, 15) is 4.79 Å². The fourth-order valence-electron chi connectivity index (χ4n) is 1.73. The number of carboxylic acids is 1. The lowest BCUT2D eigenvalue weighted by atomic mass is 10.00. The number of methoxy groups -OCH3 is 1. The number of aliphatic carboxylic acids is 1. The summed E-state index contributed by atoms with van der Waals surface area (Å²) in [7, 11) is 1.55. The van der Waals surface area contributed by atoms with Gasteiger partial charge in [0.2, 0.25) is 6.79 Å². The quantitative estimate of drug-likeness (QED) is 0.864. The van der Waals surface area contributed by atoms with Crippen LogP contribution in [0.4, 0.5) is 0 Å². The first-order valence-electron chi connectivity index (χ1n) is 5.31. The molecule has 0 saturated heterocycles. The summed E-state index contributed by atoms with van der Waals surface area (Å²) in [5.74, 6) is 0.600. The number of hydrogen-bond donors (Lipinski definition) is 1. The van der Waals surface area contributed by atoms with Crippen LogP contribution >= 0.6 is 0 Å². The van der Waals surface area contributed by atoms with Crippen LogP contribution in [-0.4, -0.2) is 25.0 Å². The standard InChI is InChI=1S/C12H14O5/c1-7(12(13)14)3-8-4-10-11(17-6-16-10)5-9(8)15-2/h4-5,7H,3,6H2,1-2H3,(H,13,14). The molecule has 0 amide bonds. The van der Waals surface area contributed by atoms with Crippen molar-refractivity contribution in [3.05, 3.63) is 17.7 Å². The Morgan fingerprint density at radius 1 is 1.47 bits per heavy atom. The van der Waals surface area contributed by atoms with E-state index in [1.54, 1.807) is 26.2 Å². The predicted molar refractivity (Wildman–Crippen MR) is 59.6 cm³/mol. The molecule has 0 spiro atoms. The molecule has 1 heterocycles. The third-order valence-corrected chi connectivity index (χ3v) is 2.72. The molecule has 17 heavy (non-hydrogen) atoms. The third-order valence-electron chi connectivity index (χ3n) is 2.72. The summed E-state index contributed by atoms with van der Waals surface area (Å²) in [4.78, 5) is 10.8. The van der Waals surface area contributed by atoms with E-state index >= 15 is 0 Å². The van der Waals surface area contributed by atoms with Gasteiger partial charge in [0.05, 0.1) is 13.0 Å². The summed E-state index contributed by atoms with van der Waals surface area (Å²) in [6.45, 7) is 1.85. The maximum atomic E-state index is 10.8. The lowest BCUT2D eigenvalue weighted by Gasteiger charge is -2.11. The minimum absolute atomic E-state index is 0.191. The summed E-state index contributed by atoms with van der Waals surface area (Å²) in [6, 6.07) is 3.51. The highest BCUT2D eigenvalue weighted by atomic mass is 16.7. The average molecular weight is 238 g/mol. The lowest BCUT2D eigenvalue weighted by Crippen LogP contribution is -2.12. The van der Waals surface area contributed by atoms with Gasteiger partial charge in [0.25, 0.3) is 0 Å². The van der Waals surface area contributed by atoms with Crippen molar-refractivity contribution < 1.29 is 24.1 Å². The van der Waals surface area contributed by atoms with E-state index in [2.05, 4.69) is 0 Å². The van der Waals surface area contributed by atoms with Crippen molar-refractivity contribution in [1.29, 1.82) is 0 Å². The molecule has 92 valence electrons. The third kappa shape index (κ3) is 2.27. The molecule has 5 nitrogen and oxygen atoms in total. The van der Waals surface area contributed by atoms with E-state index < -0.39 is 11.9 Å². The number of ether oxygens (including phenoxy) is 3. The highest BCUT2D eigenvalue weighted by Crippen LogP contribution is 2.38. The van der Waals surface area contributed by atoms with Crippen molar-refractivity contribution in [2.45, 2.75) is 13.3 Å². The molecule has 0 aromatic heterocycles. The molecular formula is C12H14O5. The van der Waals surface area contributed by atoms with Crippen LogP contribution in [0.2, 0.25) is 0 Å². The summed E-state index contributed by atoms with van der Waals surface area (Å²) in [5, 5.41) is 8.90. The Labute approximate surface area is 98.9 Å². The molecule has 1 aromatic rings. The Bertz CT molecular complexity index is 441. The van der Waals surface area contributed by atoms with Crippen molar-refractivity contribution in [2.24, 2.45) is 5.92 Å². The molecule has 1 unspecified atom stereocenters. The first-order valence-corrected chi connectivity index (χ1v) is 5.31. The Morgan fingerprint density at radius 3 is 2.71 bits per heavy atom. The minimum Gasteiger partial charge on any atom is -0.496 e. The monoisotopic (exact) mass is 238 g/mol. The topological polar surface area (TPSA) is 65.0 Å². The largest absolute Gasteiger partial charge is 0.496 e. The summed E-state index contributed by atoms with van der Waals surface area (Å²) < 4.78 is 15.7. The second-order valence-electron chi connectivity index (χ2n) is 3.96. The summed E-state index contributed by atoms with van der Waals surface area (Å²) in [5.41, 5.74) is 0.812. The maximum Gasteiger partial charge on any atom is 0.306 e. The zero-order chi connectivity index (χ0) is 12.4. The predicted octanol–water partition coefficient (Wildman–Crippen LogP) is 1.69. The van der Waals surface area contributed by atoms with Crippen LogP contribution in [0, 0.1) is 5.92 Å². The normalized spacial score (nSPS) is 14.5. The molecule has 0 bridgehead atoms. The second kappa shape index (κ2) is 4.53. The van der Waals surface area contributed by atoms with E-state index in [-0.39, 0.29) is 6.79 Å². The number of fused-ring (bicyclic) bond motifs is 1. The minimum atomic E-state index is -0.829. The van der Waals surface area contributed by atoms with Crippen LogP contribution in [0.25, 0.3) is 0 Å². The lowest BCUT2D eigenvalue weighted by molar-refractivity contribution is -0.141. The molecule has 5 heteroatoms. The van der Waals surface area contributed by atoms with Crippen LogP contribution in [0.5, 0.6) is 17.2 Å². The SMILES string of the molecule is COc1cc2c(cc1CC(C)C(=O)O)OCO2. The van der Waals surface area contributed by atoms with Crippen LogP contribution < -0.4 is 14.2 Å². The van der Waals surface area contributed by atoms with Crippen LogP contribution in [0.15, 0.2) is 12.1 Å². The van der Waals surface area contributed by atoms with Crippen molar-refractivity contribution in [3.63, 3.8) is 0 Å². The Kier molecular flexibility index (Phi) is 3.08.